The van der Waals surface area contributed by atoms with E-state index in [1.807, 2.05) is 30.3 Å². The molecular formula is C45H27N5. The van der Waals surface area contributed by atoms with Crippen molar-refractivity contribution >= 4 is 11.4 Å². The van der Waals surface area contributed by atoms with Gasteiger partial charge in [-0.1, -0.05) is 140 Å². The second kappa shape index (κ2) is 11.4. The maximum atomic E-state index is 5.21. The smallest absolute Gasteiger partial charge is 0.105 e. The highest BCUT2D eigenvalue weighted by atomic mass is 15.3. The van der Waals surface area contributed by atoms with Gasteiger partial charge in [-0.15, -0.1) is 10.2 Å². The van der Waals surface area contributed by atoms with Gasteiger partial charge in [0.2, 0.25) is 0 Å². The van der Waals surface area contributed by atoms with E-state index in [1.165, 1.54) is 0 Å². The van der Waals surface area contributed by atoms with Gasteiger partial charge in [0.25, 0.3) is 0 Å². The lowest BCUT2D eigenvalue weighted by molar-refractivity contribution is 0.879. The Hall–Kier alpha value is -6.85. The lowest BCUT2D eigenvalue weighted by Gasteiger charge is -2.20. The molecule has 7 aromatic carbocycles. The summed E-state index contributed by atoms with van der Waals surface area (Å²) in [5, 5.41) is 18.0. The first-order chi connectivity index (χ1) is 24.8. The fourth-order valence-electron chi connectivity index (χ4n) is 7.48. The van der Waals surface area contributed by atoms with Gasteiger partial charge in [-0.25, -0.2) is 9.98 Å². The summed E-state index contributed by atoms with van der Waals surface area (Å²) in [5.74, 6) is 0. The van der Waals surface area contributed by atoms with Crippen molar-refractivity contribution in [3.05, 3.63) is 185 Å². The summed E-state index contributed by atoms with van der Waals surface area (Å²) in [4.78, 5) is 10.4. The van der Waals surface area contributed by atoms with Crippen LogP contribution < -0.4 is 10.7 Å². The fraction of sp³-hybridized carbons (Fsp3) is 0. The average molecular weight is 638 g/mol. The van der Waals surface area contributed by atoms with Crippen LogP contribution in [0.5, 0.6) is 0 Å². The topological polar surface area (TPSA) is 63.4 Å². The van der Waals surface area contributed by atoms with Crippen LogP contribution in [-0.2, 0) is 0 Å². The maximum Gasteiger partial charge on any atom is 0.105 e. The van der Waals surface area contributed by atoms with Crippen LogP contribution >= 0.6 is 0 Å². The molecule has 0 aliphatic carbocycles. The van der Waals surface area contributed by atoms with E-state index in [0.717, 1.165) is 99.5 Å². The predicted molar refractivity (Wildman–Crippen MR) is 198 cm³/mol. The predicted octanol–water partition coefficient (Wildman–Crippen LogP) is 9.69. The summed E-state index contributed by atoms with van der Waals surface area (Å²) in [6.45, 7) is 0. The van der Waals surface area contributed by atoms with Crippen molar-refractivity contribution in [2.75, 3.05) is 0 Å². The van der Waals surface area contributed by atoms with Gasteiger partial charge in [0.1, 0.15) is 11.4 Å². The van der Waals surface area contributed by atoms with E-state index in [-0.39, 0.29) is 0 Å². The molecule has 0 bridgehead atoms. The Kier molecular flexibility index (Phi) is 6.42. The third-order valence-electron chi connectivity index (χ3n) is 9.67. The van der Waals surface area contributed by atoms with Crippen LogP contribution in [0.25, 0.3) is 67.0 Å². The molecule has 0 fully saturated rings. The summed E-state index contributed by atoms with van der Waals surface area (Å²) < 4.78 is 0. The van der Waals surface area contributed by atoms with Crippen LogP contribution in [0.3, 0.4) is 0 Å². The summed E-state index contributed by atoms with van der Waals surface area (Å²) in [6, 6.07) is 56.7. The lowest BCUT2D eigenvalue weighted by Crippen LogP contribution is -2.03. The van der Waals surface area contributed by atoms with E-state index in [9.17, 15) is 0 Å². The normalized spacial score (nSPS) is 11.9. The second-order valence-corrected chi connectivity index (χ2v) is 12.5. The average Bonchev–Trinajstić information content (AvgIpc) is 3.77. The quantitative estimate of drug-likeness (QED) is 0.189. The molecule has 0 N–H and O–H groups in total. The van der Waals surface area contributed by atoms with E-state index >= 15 is 0 Å². The number of fused-ring (bicyclic) bond motifs is 6. The zero-order chi connectivity index (χ0) is 33.0. The molecular weight excluding hydrogens is 611 g/mol. The second-order valence-electron chi connectivity index (χ2n) is 12.5. The molecule has 0 saturated carbocycles. The molecule has 0 atom stereocenters. The van der Waals surface area contributed by atoms with Crippen molar-refractivity contribution in [2.45, 2.75) is 0 Å². The van der Waals surface area contributed by atoms with E-state index in [1.54, 1.807) is 0 Å². The first-order valence-corrected chi connectivity index (χ1v) is 16.7. The molecule has 0 unspecified atom stereocenters. The molecule has 2 aliphatic rings. The summed E-state index contributed by atoms with van der Waals surface area (Å²) in [6.07, 6.45) is 0. The van der Waals surface area contributed by atoms with E-state index < -0.39 is 0 Å². The third-order valence-corrected chi connectivity index (χ3v) is 9.67. The van der Waals surface area contributed by atoms with Gasteiger partial charge in [0.05, 0.1) is 22.1 Å². The Morgan fingerprint density at radius 1 is 0.320 bits per heavy atom. The Morgan fingerprint density at radius 2 is 0.960 bits per heavy atom. The van der Waals surface area contributed by atoms with E-state index in [2.05, 4.69) is 144 Å². The van der Waals surface area contributed by atoms with Crippen molar-refractivity contribution in [3.8, 4) is 67.0 Å². The van der Waals surface area contributed by atoms with Gasteiger partial charge in [-0.2, -0.15) is 0 Å². The number of para-hydroxylation sites is 1. The molecule has 50 heavy (non-hydrogen) atoms. The standard InChI is InChI=1S/C45H27N5/c1-4-14-28(15-5-1)31-24-26-37-41(42-38(46-37)27-25-35-32-20-12-13-23-36(32)47-44(35)42)40(31)33-21-10-11-22-34(33)45-39(29-16-6-2-7-17-29)43(48-50-49-45)30-18-8-3-9-19-30/h1-27H. The van der Waals surface area contributed by atoms with Gasteiger partial charge in [-0.3, -0.25) is 0 Å². The maximum absolute atomic E-state index is 5.21. The van der Waals surface area contributed by atoms with Crippen LogP contribution in [0.2, 0.25) is 0 Å². The Labute approximate surface area is 288 Å². The molecule has 5 heteroatoms. The number of hydrogen-bond donors (Lipinski definition) is 0. The van der Waals surface area contributed by atoms with Gasteiger partial charge in [-0.05, 0) is 51.7 Å². The molecule has 5 nitrogen and oxygen atoms in total. The third kappa shape index (κ3) is 4.37. The highest BCUT2D eigenvalue weighted by Gasteiger charge is 2.29. The van der Waals surface area contributed by atoms with Crippen molar-refractivity contribution in [1.82, 2.24) is 15.4 Å². The highest BCUT2D eigenvalue weighted by molar-refractivity contribution is 6.07. The van der Waals surface area contributed by atoms with Gasteiger partial charge < -0.3 is 0 Å². The Bertz CT molecular complexity index is 2850. The molecule has 0 spiro atoms. The largest absolute Gasteiger partial charge is 0.248 e. The van der Waals surface area contributed by atoms with Crippen LogP contribution in [-0.4, -0.2) is 15.4 Å². The van der Waals surface area contributed by atoms with Crippen molar-refractivity contribution in [1.29, 1.82) is 0 Å². The molecule has 8 aromatic rings. The SMILES string of the molecule is c1ccc(-c2ccc3c(c2-c2ccccc2-c2nnnc(-c4ccccc4)c2-c2ccccc2)-c2c4c(ccc2=N3)=c2ccccc2=N4)cc1. The highest BCUT2D eigenvalue weighted by Crippen LogP contribution is 2.51. The summed E-state index contributed by atoms with van der Waals surface area (Å²) >= 11 is 0. The van der Waals surface area contributed by atoms with Gasteiger partial charge >= 0.3 is 0 Å². The number of benzene rings is 7. The zero-order valence-corrected chi connectivity index (χ0v) is 26.8. The molecule has 232 valence electrons. The molecule has 0 amide bonds. The monoisotopic (exact) mass is 637 g/mol. The lowest BCUT2D eigenvalue weighted by atomic mass is 9.83. The minimum absolute atomic E-state index is 0.766. The van der Waals surface area contributed by atoms with Crippen molar-refractivity contribution in [3.63, 3.8) is 0 Å². The van der Waals surface area contributed by atoms with Crippen LogP contribution in [0.15, 0.2) is 174 Å². The molecule has 0 saturated heterocycles. The zero-order valence-electron chi connectivity index (χ0n) is 26.8. The number of hydrogen-bond acceptors (Lipinski definition) is 5. The number of rotatable bonds is 5. The van der Waals surface area contributed by atoms with E-state index in [0.29, 0.717) is 0 Å². The Balaban J connectivity index is 1.31. The molecule has 1 aromatic heterocycles. The van der Waals surface area contributed by atoms with Crippen molar-refractivity contribution < 1.29 is 0 Å². The molecule has 3 heterocycles. The van der Waals surface area contributed by atoms with Gasteiger partial charge in [0, 0.05) is 43.8 Å². The van der Waals surface area contributed by atoms with Gasteiger partial charge in [0.15, 0.2) is 0 Å². The number of aromatic nitrogens is 3. The van der Waals surface area contributed by atoms with Crippen LogP contribution in [0.1, 0.15) is 0 Å². The molecule has 10 rings (SSSR count). The van der Waals surface area contributed by atoms with E-state index in [4.69, 9.17) is 15.1 Å². The molecule has 2 aliphatic heterocycles. The van der Waals surface area contributed by atoms with Crippen LogP contribution in [0.4, 0.5) is 11.4 Å². The Morgan fingerprint density at radius 3 is 1.74 bits per heavy atom. The fourth-order valence-corrected chi connectivity index (χ4v) is 7.48. The molecule has 0 radical (unpaired) electrons. The minimum Gasteiger partial charge on any atom is -0.248 e. The minimum atomic E-state index is 0.766. The van der Waals surface area contributed by atoms with Crippen molar-refractivity contribution in [2.24, 2.45) is 9.98 Å². The first kappa shape index (κ1) is 28.2. The first-order valence-electron chi connectivity index (χ1n) is 16.7. The van der Waals surface area contributed by atoms with Crippen LogP contribution in [0, 0.1) is 10.4 Å². The summed E-state index contributed by atoms with van der Waals surface area (Å²) in [7, 11) is 0. The summed E-state index contributed by atoms with van der Waals surface area (Å²) in [5.41, 5.74) is 13.8. The number of nitrogens with zero attached hydrogens (tertiary/aromatic N) is 5.